The number of likely N-dealkylation sites (tertiary alicyclic amines) is 1. The van der Waals surface area contributed by atoms with Gasteiger partial charge in [0.2, 0.25) is 5.91 Å². The van der Waals surface area contributed by atoms with Crippen molar-refractivity contribution in [2.24, 2.45) is 0 Å². The fraction of sp³-hybridized carbons (Fsp3) is 0.529. The Morgan fingerprint density at radius 3 is 2.67 bits per heavy atom. The summed E-state index contributed by atoms with van der Waals surface area (Å²) in [6.45, 7) is 5.90. The monoisotopic (exact) mass is 354 g/mol. The highest BCUT2D eigenvalue weighted by Gasteiger charge is 2.36. The molecule has 132 valence electrons. The molecule has 1 saturated heterocycles. The third-order valence-electron chi connectivity index (χ3n) is 3.60. The molecule has 0 aromatic heterocycles. The van der Waals surface area contributed by atoms with Gasteiger partial charge in [-0.15, -0.1) is 0 Å². The molecule has 1 heterocycles. The van der Waals surface area contributed by atoms with E-state index in [-0.39, 0.29) is 5.91 Å². The number of carbonyl (C=O) groups excluding carboxylic acids is 2. The van der Waals surface area contributed by atoms with Gasteiger partial charge in [-0.3, -0.25) is 9.69 Å². The zero-order valence-corrected chi connectivity index (χ0v) is 15.1. The molecule has 1 aliphatic rings. The predicted octanol–water partition coefficient (Wildman–Crippen LogP) is 3.69. The molecule has 2 amide bonds. The van der Waals surface area contributed by atoms with Crippen LogP contribution in [0.2, 0.25) is 5.02 Å². The summed E-state index contributed by atoms with van der Waals surface area (Å²) < 4.78 is 10.6. The molecule has 1 N–H and O–H groups in total. The van der Waals surface area contributed by atoms with E-state index < -0.39 is 17.7 Å². The van der Waals surface area contributed by atoms with Crippen molar-refractivity contribution in [3.05, 3.63) is 23.2 Å². The number of nitrogens with one attached hydrogen (secondary N) is 1. The van der Waals surface area contributed by atoms with Gasteiger partial charge in [0.25, 0.3) is 0 Å². The first-order valence-electron chi connectivity index (χ1n) is 7.85. The van der Waals surface area contributed by atoms with Crippen molar-refractivity contribution in [2.45, 2.75) is 45.3 Å². The van der Waals surface area contributed by atoms with Crippen molar-refractivity contribution in [3.8, 4) is 5.75 Å². The van der Waals surface area contributed by atoms with E-state index in [4.69, 9.17) is 21.1 Å². The second kappa shape index (κ2) is 7.30. The van der Waals surface area contributed by atoms with Crippen LogP contribution in [0.4, 0.5) is 10.5 Å². The van der Waals surface area contributed by atoms with E-state index in [1.165, 1.54) is 12.0 Å². The van der Waals surface area contributed by atoms with Crippen LogP contribution in [-0.2, 0) is 9.53 Å². The lowest BCUT2D eigenvalue weighted by Gasteiger charge is -2.28. The predicted molar refractivity (Wildman–Crippen MR) is 92.6 cm³/mol. The molecular formula is C17H23ClN2O4. The fourth-order valence-electron chi connectivity index (χ4n) is 2.57. The third kappa shape index (κ3) is 4.54. The van der Waals surface area contributed by atoms with Gasteiger partial charge >= 0.3 is 6.09 Å². The lowest BCUT2D eigenvalue weighted by Crippen LogP contribution is -2.45. The first-order chi connectivity index (χ1) is 11.2. The van der Waals surface area contributed by atoms with Crippen molar-refractivity contribution >= 4 is 29.3 Å². The Hall–Kier alpha value is -1.95. The van der Waals surface area contributed by atoms with Gasteiger partial charge in [0.1, 0.15) is 17.4 Å². The van der Waals surface area contributed by atoms with Crippen LogP contribution < -0.4 is 10.1 Å². The Kier molecular flexibility index (Phi) is 5.59. The second-order valence-electron chi connectivity index (χ2n) is 6.67. The highest BCUT2D eigenvalue weighted by atomic mass is 35.5. The molecule has 0 saturated carbocycles. The second-order valence-corrected chi connectivity index (χ2v) is 7.10. The summed E-state index contributed by atoms with van der Waals surface area (Å²) in [6.07, 6.45) is 0.871. The average Bonchev–Trinajstić information content (AvgIpc) is 2.95. The van der Waals surface area contributed by atoms with E-state index in [1.807, 2.05) is 0 Å². The lowest BCUT2D eigenvalue weighted by atomic mass is 10.2. The van der Waals surface area contributed by atoms with E-state index >= 15 is 0 Å². The summed E-state index contributed by atoms with van der Waals surface area (Å²) in [5.74, 6) is 0.230. The molecule has 1 aromatic rings. The summed E-state index contributed by atoms with van der Waals surface area (Å²) >= 11 is 5.98. The van der Waals surface area contributed by atoms with Crippen LogP contribution in [0.1, 0.15) is 33.6 Å². The minimum Gasteiger partial charge on any atom is -0.495 e. The van der Waals surface area contributed by atoms with Crippen LogP contribution >= 0.6 is 11.6 Å². The maximum atomic E-state index is 12.6. The number of hydrogen-bond acceptors (Lipinski definition) is 4. The van der Waals surface area contributed by atoms with Gasteiger partial charge in [-0.25, -0.2) is 4.79 Å². The molecule has 0 aliphatic carbocycles. The van der Waals surface area contributed by atoms with Gasteiger partial charge in [0.15, 0.2) is 0 Å². The summed E-state index contributed by atoms with van der Waals surface area (Å²) in [4.78, 5) is 26.4. The quantitative estimate of drug-likeness (QED) is 0.898. The molecule has 0 spiro atoms. The molecular weight excluding hydrogens is 332 g/mol. The first-order valence-corrected chi connectivity index (χ1v) is 8.23. The maximum absolute atomic E-state index is 12.6. The Bertz CT molecular complexity index is 628. The topological polar surface area (TPSA) is 67.9 Å². The summed E-state index contributed by atoms with van der Waals surface area (Å²) in [5, 5.41) is 3.28. The van der Waals surface area contributed by atoms with Gasteiger partial charge in [-0.1, -0.05) is 11.6 Å². The van der Waals surface area contributed by atoms with Crippen LogP contribution in [0.5, 0.6) is 5.75 Å². The Morgan fingerprint density at radius 2 is 2.04 bits per heavy atom. The number of rotatable bonds is 3. The number of carbonyl (C=O) groups is 2. The van der Waals surface area contributed by atoms with E-state index in [0.717, 1.165) is 6.42 Å². The number of amides is 2. The van der Waals surface area contributed by atoms with E-state index in [9.17, 15) is 9.59 Å². The van der Waals surface area contributed by atoms with Crippen LogP contribution in [0.25, 0.3) is 0 Å². The molecule has 1 aromatic carbocycles. The molecule has 24 heavy (non-hydrogen) atoms. The molecule has 1 atom stereocenters. The highest BCUT2D eigenvalue weighted by Crippen LogP contribution is 2.29. The summed E-state index contributed by atoms with van der Waals surface area (Å²) in [7, 11) is 1.52. The molecule has 0 bridgehead atoms. The average molecular weight is 355 g/mol. The molecule has 1 fully saturated rings. The zero-order chi connectivity index (χ0) is 17.9. The Balaban J connectivity index is 2.11. The van der Waals surface area contributed by atoms with Gasteiger partial charge in [0.05, 0.1) is 12.8 Å². The van der Waals surface area contributed by atoms with Crippen molar-refractivity contribution < 1.29 is 19.1 Å². The van der Waals surface area contributed by atoms with E-state index in [1.54, 1.807) is 39.0 Å². The molecule has 6 nitrogen and oxygen atoms in total. The Morgan fingerprint density at radius 1 is 1.33 bits per heavy atom. The largest absolute Gasteiger partial charge is 0.495 e. The number of anilines is 1. The maximum Gasteiger partial charge on any atom is 0.410 e. The molecule has 2 rings (SSSR count). The van der Waals surface area contributed by atoms with Crippen LogP contribution in [0.3, 0.4) is 0 Å². The highest BCUT2D eigenvalue weighted by molar-refractivity contribution is 6.31. The lowest BCUT2D eigenvalue weighted by molar-refractivity contribution is -0.120. The van der Waals surface area contributed by atoms with Crippen molar-refractivity contribution in [2.75, 3.05) is 19.0 Å². The molecule has 1 unspecified atom stereocenters. The number of halogens is 1. The number of methoxy groups -OCH3 is 1. The molecule has 7 heteroatoms. The van der Waals surface area contributed by atoms with Gasteiger partial charge in [-0.05, 0) is 51.8 Å². The number of hydrogen-bond donors (Lipinski definition) is 1. The fourth-order valence-corrected chi connectivity index (χ4v) is 2.74. The van der Waals surface area contributed by atoms with Crippen LogP contribution in [0, 0.1) is 0 Å². The van der Waals surface area contributed by atoms with E-state index in [2.05, 4.69) is 5.32 Å². The number of nitrogens with zero attached hydrogens (tertiary/aromatic N) is 1. The van der Waals surface area contributed by atoms with Crippen molar-refractivity contribution in [3.63, 3.8) is 0 Å². The SMILES string of the molecule is COc1ccc(Cl)cc1NC(=O)C1CCCN1C(=O)OC(C)(C)C. The molecule has 1 aliphatic heterocycles. The standard InChI is InChI=1S/C17H23ClN2O4/c1-17(2,3)24-16(22)20-9-5-6-13(20)15(21)19-12-10-11(18)7-8-14(12)23-4/h7-8,10,13H,5-6,9H2,1-4H3,(H,19,21). The minimum absolute atomic E-state index is 0.279. The van der Waals surface area contributed by atoms with Crippen LogP contribution in [-0.4, -0.2) is 42.2 Å². The Labute approximate surface area is 147 Å². The molecule has 0 radical (unpaired) electrons. The summed E-state index contributed by atoms with van der Waals surface area (Å²) in [5.41, 5.74) is -0.123. The van der Waals surface area contributed by atoms with Gasteiger partial charge in [-0.2, -0.15) is 0 Å². The first kappa shape index (κ1) is 18.4. The summed E-state index contributed by atoms with van der Waals surface area (Å²) in [6, 6.07) is 4.41. The number of benzene rings is 1. The normalized spacial score (nSPS) is 17.5. The minimum atomic E-state index is -0.600. The van der Waals surface area contributed by atoms with Crippen molar-refractivity contribution in [1.29, 1.82) is 0 Å². The van der Waals surface area contributed by atoms with Crippen molar-refractivity contribution in [1.82, 2.24) is 4.90 Å². The third-order valence-corrected chi connectivity index (χ3v) is 3.84. The smallest absolute Gasteiger partial charge is 0.410 e. The van der Waals surface area contributed by atoms with Gasteiger partial charge < -0.3 is 14.8 Å². The number of ether oxygens (including phenoxy) is 2. The van der Waals surface area contributed by atoms with Crippen LogP contribution in [0.15, 0.2) is 18.2 Å². The van der Waals surface area contributed by atoms with Gasteiger partial charge in [0, 0.05) is 11.6 Å². The zero-order valence-electron chi connectivity index (χ0n) is 14.4. The van der Waals surface area contributed by atoms with E-state index in [0.29, 0.717) is 29.4 Å².